The molecule has 5 rings (SSSR count). The fourth-order valence-corrected chi connectivity index (χ4v) is 6.02. The molecule has 1 unspecified atom stereocenters. The van der Waals surface area contributed by atoms with Gasteiger partial charge in [-0.2, -0.15) is 4.98 Å². The molecule has 12 heteroatoms. The fourth-order valence-electron chi connectivity index (χ4n) is 5.85. The highest BCUT2D eigenvalue weighted by Crippen LogP contribution is 2.42. The summed E-state index contributed by atoms with van der Waals surface area (Å²) in [4.78, 5) is 37.8. The van der Waals surface area contributed by atoms with Gasteiger partial charge in [-0.25, -0.2) is 9.78 Å². The number of hydrogen-bond acceptors (Lipinski definition) is 8. The third-order valence-corrected chi connectivity index (χ3v) is 8.98. The number of halogens is 1. The van der Waals surface area contributed by atoms with Crippen molar-refractivity contribution in [1.29, 1.82) is 0 Å². The summed E-state index contributed by atoms with van der Waals surface area (Å²) in [5.41, 5.74) is 3.32. The van der Waals surface area contributed by atoms with Crippen LogP contribution in [0.2, 0.25) is 5.02 Å². The average molecular weight is 717 g/mol. The van der Waals surface area contributed by atoms with Crippen molar-refractivity contribution < 1.29 is 33.6 Å². The molecule has 0 radical (unpaired) electrons. The molecule has 2 aromatic carbocycles. The smallest absolute Gasteiger partial charge is 0.336 e. The first-order chi connectivity index (χ1) is 24.3. The Hall–Kier alpha value is -4.71. The molecule has 0 aliphatic carbocycles. The Kier molecular flexibility index (Phi) is 11.8. The number of ether oxygens (including phenoxy) is 4. The summed E-state index contributed by atoms with van der Waals surface area (Å²) in [6.07, 6.45) is 5.78. The molecule has 1 atom stereocenters. The third-order valence-electron chi connectivity index (χ3n) is 8.74. The molecular weight excluding hydrogens is 672 g/mol. The van der Waals surface area contributed by atoms with Crippen molar-refractivity contribution in [3.05, 3.63) is 94.5 Å². The first-order valence-corrected chi connectivity index (χ1v) is 17.3. The third kappa shape index (κ3) is 8.61. The van der Waals surface area contributed by atoms with Crippen LogP contribution in [0.4, 0.5) is 11.4 Å². The first-order valence-electron chi connectivity index (χ1n) is 16.9. The number of benzene rings is 2. The minimum atomic E-state index is -1.12. The van der Waals surface area contributed by atoms with Crippen LogP contribution in [0.1, 0.15) is 77.8 Å². The number of carbonyl (C=O) groups is 2. The van der Waals surface area contributed by atoms with E-state index in [4.69, 9.17) is 30.5 Å². The summed E-state index contributed by atoms with van der Waals surface area (Å²) in [6, 6.07) is 11.9. The summed E-state index contributed by atoms with van der Waals surface area (Å²) in [5, 5.41) is 10.3. The van der Waals surface area contributed by atoms with Crippen molar-refractivity contribution in [1.82, 2.24) is 14.5 Å². The van der Waals surface area contributed by atoms with Gasteiger partial charge in [-0.3, -0.25) is 9.69 Å². The van der Waals surface area contributed by atoms with Crippen molar-refractivity contribution in [3.8, 4) is 22.9 Å². The summed E-state index contributed by atoms with van der Waals surface area (Å²) in [7, 11) is 1.77. The zero-order valence-electron chi connectivity index (χ0n) is 30.0. The van der Waals surface area contributed by atoms with Crippen LogP contribution >= 0.6 is 11.6 Å². The summed E-state index contributed by atoms with van der Waals surface area (Å²) in [6.45, 7) is 14.9. The molecule has 1 aliphatic rings. The van der Waals surface area contributed by atoms with E-state index in [1.807, 2.05) is 18.2 Å². The number of aromatic nitrogens is 3. The van der Waals surface area contributed by atoms with E-state index in [9.17, 15) is 9.90 Å². The topological polar surface area (TPSA) is 125 Å². The average Bonchev–Trinajstić information content (AvgIpc) is 3.40. The standard InChI is InChI=1S/C39H45ClN4O7/c1-8-16-48-34-20-26(39(4,5)6)12-15-31(34)44(33-23-41-25(3)42-36(33)51-19-18-50-35-11-9-10-17-49-35)37(45)29-22-32(43(7)24(29)2)30-21-27(40)13-14-28(30)38(46)47/h8,12-15,20-23,35H,1,9-11,16-19H2,2-7H3,(H,46,47). The number of carbonyl (C=O) groups excluding carboxylic acids is 1. The molecule has 11 nitrogen and oxygen atoms in total. The number of nitrogens with zero attached hydrogens (tertiary/aromatic N) is 4. The molecule has 3 heterocycles. The van der Waals surface area contributed by atoms with E-state index in [1.165, 1.54) is 17.0 Å². The highest BCUT2D eigenvalue weighted by molar-refractivity contribution is 6.31. The molecular formula is C39H45ClN4O7. The molecule has 0 saturated carbocycles. The molecule has 1 amide bonds. The lowest BCUT2D eigenvalue weighted by Gasteiger charge is -2.28. The van der Waals surface area contributed by atoms with Crippen molar-refractivity contribution in [2.45, 2.75) is 65.6 Å². The number of anilines is 2. The van der Waals surface area contributed by atoms with Gasteiger partial charge in [0.25, 0.3) is 5.91 Å². The lowest BCUT2D eigenvalue weighted by Crippen LogP contribution is -2.29. The Balaban J connectivity index is 1.64. The van der Waals surface area contributed by atoms with E-state index < -0.39 is 11.9 Å². The number of aryl methyl sites for hydroxylation is 1. The molecule has 1 aliphatic heterocycles. The minimum absolute atomic E-state index is 0.0530. The van der Waals surface area contributed by atoms with Gasteiger partial charge >= 0.3 is 5.97 Å². The highest BCUT2D eigenvalue weighted by Gasteiger charge is 2.32. The van der Waals surface area contributed by atoms with Gasteiger partial charge < -0.3 is 28.6 Å². The van der Waals surface area contributed by atoms with E-state index in [-0.39, 0.29) is 48.7 Å². The monoisotopic (exact) mass is 716 g/mol. The van der Waals surface area contributed by atoms with Gasteiger partial charge in [-0.05, 0) is 80.5 Å². The predicted molar refractivity (Wildman–Crippen MR) is 197 cm³/mol. The molecule has 1 saturated heterocycles. The van der Waals surface area contributed by atoms with Crippen molar-refractivity contribution in [3.63, 3.8) is 0 Å². The number of carboxylic acids is 1. The van der Waals surface area contributed by atoms with Gasteiger partial charge in [0, 0.05) is 35.6 Å². The molecule has 0 bridgehead atoms. The number of amides is 1. The number of rotatable bonds is 13. The Morgan fingerprint density at radius 1 is 1.08 bits per heavy atom. The van der Waals surface area contributed by atoms with E-state index in [1.54, 1.807) is 49.9 Å². The maximum Gasteiger partial charge on any atom is 0.336 e. The van der Waals surface area contributed by atoms with Gasteiger partial charge in [-0.15, -0.1) is 0 Å². The summed E-state index contributed by atoms with van der Waals surface area (Å²) < 4.78 is 25.8. The summed E-state index contributed by atoms with van der Waals surface area (Å²) >= 11 is 6.33. The largest absolute Gasteiger partial charge is 0.487 e. The van der Waals surface area contributed by atoms with Crippen LogP contribution in [0, 0.1) is 13.8 Å². The minimum Gasteiger partial charge on any atom is -0.487 e. The number of aromatic carboxylic acids is 1. The molecule has 0 spiro atoms. The summed E-state index contributed by atoms with van der Waals surface area (Å²) in [5.74, 6) is -0.489. The van der Waals surface area contributed by atoms with Crippen LogP contribution in [0.3, 0.4) is 0 Å². The van der Waals surface area contributed by atoms with Crippen molar-refractivity contribution in [2.24, 2.45) is 7.05 Å². The van der Waals surface area contributed by atoms with Crippen LogP contribution in [0.15, 0.2) is 61.3 Å². The number of carboxylic acid groups (broad SMARTS) is 1. The molecule has 1 N–H and O–H groups in total. The second kappa shape index (κ2) is 16.1. The first kappa shape index (κ1) is 37.5. The van der Waals surface area contributed by atoms with E-state index in [2.05, 4.69) is 37.3 Å². The van der Waals surface area contributed by atoms with E-state index in [0.29, 0.717) is 51.4 Å². The highest BCUT2D eigenvalue weighted by atomic mass is 35.5. The maximum atomic E-state index is 15.1. The molecule has 2 aromatic heterocycles. The Bertz CT molecular complexity index is 1910. The van der Waals surface area contributed by atoms with Crippen molar-refractivity contribution >= 4 is 34.9 Å². The lowest BCUT2D eigenvalue weighted by atomic mass is 9.86. The van der Waals surface area contributed by atoms with Gasteiger partial charge in [0.05, 0.1) is 29.6 Å². The van der Waals surface area contributed by atoms with E-state index in [0.717, 1.165) is 24.8 Å². The zero-order chi connectivity index (χ0) is 36.9. The van der Waals surface area contributed by atoms with Crippen LogP contribution in [0.5, 0.6) is 11.6 Å². The van der Waals surface area contributed by atoms with Gasteiger partial charge in [-0.1, -0.05) is 51.1 Å². The van der Waals surface area contributed by atoms with E-state index >= 15 is 4.79 Å². The SMILES string of the molecule is C=CCOc1cc(C(C)(C)C)ccc1N(C(=O)c1cc(-c2cc(Cl)ccc2C(=O)O)n(C)c1C)c1cnc(C)nc1OCCOC1CCCCO1. The number of hydrogen-bond donors (Lipinski definition) is 1. The van der Waals surface area contributed by atoms with Crippen molar-refractivity contribution in [2.75, 3.05) is 31.3 Å². The van der Waals surface area contributed by atoms with Gasteiger partial charge in [0.1, 0.15) is 30.5 Å². The molecule has 1 fully saturated rings. The Morgan fingerprint density at radius 3 is 2.55 bits per heavy atom. The lowest BCUT2D eigenvalue weighted by molar-refractivity contribution is -0.165. The fraction of sp³-hybridized carbons (Fsp3) is 0.385. The predicted octanol–water partition coefficient (Wildman–Crippen LogP) is 8.21. The normalized spacial score (nSPS) is 14.6. The van der Waals surface area contributed by atoms with Gasteiger partial charge in [0.2, 0.25) is 5.88 Å². The second-order valence-corrected chi connectivity index (χ2v) is 13.8. The second-order valence-electron chi connectivity index (χ2n) is 13.4. The molecule has 270 valence electrons. The molecule has 51 heavy (non-hydrogen) atoms. The van der Waals surface area contributed by atoms with Gasteiger partial charge in [0.15, 0.2) is 6.29 Å². The zero-order valence-corrected chi connectivity index (χ0v) is 30.7. The van der Waals surface area contributed by atoms with Crippen LogP contribution in [0.25, 0.3) is 11.3 Å². The Labute approximate surface area is 303 Å². The maximum absolute atomic E-state index is 15.1. The van der Waals surface area contributed by atoms with Crippen LogP contribution < -0.4 is 14.4 Å². The molecule has 4 aromatic rings. The van der Waals surface area contributed by atoms with Crippen LogP contribution in [-0.2, 0) is 21.9 Å². The van der Waals surface area contributed by atoms with Crippen LogP contribution in [-0.4, -0.2) is 64.2 Å². The quantitative estimate of drug-likeness (QED) is 0.108. The Morgan fingerprint density at radius 2 is 1.86 bits per heavy atom.